The van der Waals surface area contributed by atoms with Gasteiger partial charge < -0.3 is 24.4 Å². The van der Waals surface area contributed by atoms with Crippen LogP contribution in [0.1, 0.15) is 52.1 Å². The molecule has 0 spiro atoms. The number of phenols is 1. The Morgan fingerprint density at radius 3 is 1.94 bits per heavy atom. The van der Waals surface area contributed by atoms with Crippen LogP contribution < -0.4 is 14.2 Å². The summed E-state index contributed by atoms with van der Waals surface area (Å²) in [4.78, 5) is 34.2. The first-order valence-corrected chi connectivity index (χ1v) is 9.71. The van der Waals surface area contributed by atoms with Crippen molar-refractivity contribution >= 4 is 17.5 Å². The van der Waals surface area contributed by atoms with Crippen LogP contribution in [-0.2, 0) is 4.79 Å². The first kappa shape index (κ1) is 23.7. The van der Waals surface area contributed by atoms with E-state index in [0.717, 1.165) is 0 Å². The second-order valence-electron chi connectivity index (χ2n) is 7.00. The summed E-state index contributed by atoms with van der Waals surface area (Å²) in [5.74, 6) is -0.478. The summed E-state index contributed by atoms with van der Waals surface area (Å²) in [5.41, 5.74) is 1.63. The number of benzene rings is 2. The standard InChI is InChI=1S/C23H26O8/c1-13-19(8-6-17(15(3)24)22(13)28)29-10-5-11-30-23-14(2)20(31-12-21(26)27)9-7-18(23)16(4)25/h6-9,28H,5,10-12H2,1-4H3,(H,26,27). The summed E-state index contributed by atoms with van der Waals surface area (Å²) in [6.45, 7) is 6.18. The molecule has 0 radical (unpaired) electrons. The number of carboxylic acid groups (broad SMARTS) is 1. The summed E-state index contributed by atoms with van der Waals surface area (Å²) in [6.07, 6.45) is 0.478. The number of ketones is 2. The van der Waals surface area contributed by atoms with Gasteiger partial charge in [0.2, 0.25) is 0 Å². The average Bonchev–Trinajstić information content (AvgIpc) is 2.70. The minimum absolute atomic E-state index is 0.0962. The van der Waals surface area contributed by atoms with Gasteiger partial charge in [-0.05, 0) is 52.0 Å². The maximum atomic E-state index is 11.9. The smallest absolute Gasteiger partial charge is 0.341 e. The molecule has 2 N–H and O–H groups in total. The van der Waals surface area contributed by atoms with Crippen LogP contribution in [0.25, 0.3) is 0 Å². The number of aliphatic carboxylic acids is 1. The van der Waals surface area contributed by atoms with Crippen molar-refractivity contribution in [3.8, 4) is 23.0 Å². The largest absolute Gasteiger partial charge is 0.507 e. The number of aromatic hydroxyl groups is 1. The Morgan fingerprint density at radius 1 is 0.806 bits per heavy atom. The molecule has 0 aliphatic carbocycles. The number of hydrogen-bond donors (Lipinski definition) is 2. The van der Waals surface area contributed by atoms with Crippen molar-refractivity contribution in [2.24, 2.45) is 0 Å². The van der Waals surface area contributed by atoms with Crippen LogP contribution in [0, 0.1) is 13.8 Å². The molecule has 0 heterocycles. The van der Waals surface area contributed by atoms with Gasteiger partial charge in [0.25, 0.3) is 0 Å². The molecule has 0 aliphatic rings. The van der Waals surface area contributed by atoms with Crippen LogP contribution in [0.15, 0.2) is 24.3 Å². The first-order valence-electron chi connectivity index (χ1n) is 9.71. The van der Waals surface area contributed by atoms with Crippen molar-refractivity contribution in [1.82, 2.24) is 0 Å². The normalized spacial score (nSPS) is 10.5. The number of phenolic OH excluding ortho intramolecular Hbond substituents is 1. The summed E-state index contributed by atoms with van der Waals surface area (Å²) in [5, 5.41) is 18.9. The quantitative estimate of drug-likeness (QED) is 0.409. The lowest BCUT2D eigenvalue weighted by Crippen LogP contribution is -2.12. The lowest BCUT2D eigenvalue weighted by Gasteiger charge is -2.16. The highest BCUT2D eigenvalue weighted by molar-refractivity contribution is 5.98. The van der Waals surface area contributed by atoms with Crippen molar-refractivity contribution in [3.63, 3.8) is 0 Å². The second-order valence-corrected chi connectivity index (χ2v) is 7.00. The Kier molecular flexibility index (Phi) is 8.01. The lowest BCUT2D eigenvalue weighted by molar-refractivity contribution is -0.139. The molecule has 166 valence electrons. The molecule has 8 nitrogen and oxygen atoms in total. The van der Waals surface area contributed by atoms with E-state index >= 15 is 0 Å². The van der Waals surface area contributed by atoms with Crippen molar-refractivity contribution in [2.45, 2.75) is 34.1 Å². The van der Waals surface area contributed by atoms with E-state index in [1.54, 1.807) is 32.0 Å². The van der Waals surface area contributed by atoms with Gasteiger partial charge in [0.1, 0.15) is 23.0 Å². The van der Waals surface area contributed by atoms with Gasteiger partial charge in [0.05, 0.1) is 24.3 Å². The van der Waals surface area contributed by atoms with Crippen LogP contribution in [0.2, 0.25) is 0 Å². The maximum Gasteiger partial charge on any atom is 0.341 e. The molecule has 0 saturated carbocycles. The summed E-state index contributed by atoms with van der Waals surface area (Å²) in [6, 6.07) is 6.24. The van der Waals surface area contributed by atoms with E-state index < -0.39 is 12.6 Å². The van der Waals surface area contributed by atoms with Crippen molar-refractivity contribution in [3.05, 3.63) is 46.5 Å². The molecular weight excluding hydrogens is 404 g/mol. The van der Waals surface area contributed by atoms with Crippen molar-refractivity contribution in [2.75, 3.05) is 19.8 Å². The van der Waals surface area contributed by atoms with Crippen LogP contribution in [0.4, 0.5) is 0 Å². The first-order chi connectivity index (χ1) is 14.6. The number of ether oxygens (including phenoxy) is 3. The molecule has 0 unspecified atom stereocenters. The molecule has 0 bridgehead atoms. The van der Waals surface area contributed by atoms with Crippen LogP contribution in [0.3, 0.4) is 0 Å². The topological polar surface area (TPSA) is 119 Å². The Bertz CT molecular complexity index is 994. The zero-order valence-corrected chi connectivity index (χ0v) is 18.0. The molecular formula is C23H26O8. The van der Waals surface area contributed by atoms with Gasteiger partial charge >= 0.3 is 5.97 Å². The molecule has 0 atom stereocenters. The predicted octanol–water partition coefficient (Wildman–Crippen LogP) is 3.73. The Labute approximate surface area is 180 Å². The van der Waals surface area contributed by atoms with Crippen LogP contribution >= 0.6 is 0 Å². The minimum Gasteiger partial charge on any atom is -0.507 e. The third kappa shape index (κ3) is 5.97. The molecule has 2 rings (SSSR count). The fourth-order valence-corrected chi connectivity index (χ4v) is 2.97. The highest BCUT2D eigenvalue weighted by Crippen LogP contribution is 2.33. The maximum absolute atomic E-state index is 11.9. The van der Waals surface area contributed by atoms with E-state index in [1.807, 2.05) is 0 Å². The molecule has 8 heteroatoms. The molecule has 0 aliphatic heterocycles. The molecule has 0 aromatic heterocycles. The number of Topliss-reactive ketones (excluding diaryl/α,β-unsaturated/α-hetero) is 2. The monoisotopic (exact) mass is 430 g/mol. The van der Waals surface area contributed by atoms with Crippen molar-refractivity contribution in [1.29, 1.82) is 0 Å². The minimum atomic E-state index is -1.10. The Balaban J connectivity index is 2.01. The number of rotatable bonds is 11. The Hall–Kier alpha value is -3.55. The van der Waals surface area contributed by atoms with Gasteiger partial charge in [-0.2, -0.15) is 0 Å². The fourth-order valence-electron chi connectivity index (χ4n) is 2.97. The summed E-state index contributed by atoms with van der Waals surface area (Å²) < 4.78 is 16.7. The Morgan fingerprint density at radius 2 is 1.35 bits per heavy atom. The summed E-state index contributed by atoms with van der Waals surface area (Å²) >= 11 is 0. The van der Waals surface area contributed by atoms with Gasteiger partial charge in [0.15, 0.2) is 18.2 Å². The number of carbonyl (C=O) groups is 3. The van der Waals surface area contributed by atoms with E-state index in [-0.39, 0.29) is 36.1 Å². The molecule has 31 heavy (non-hydrogen) atoms. The van der Waals surface area contributed by atoms with Gasteiger partial charge in [-0.25, -0.2) is 4.79 Å². The molecule has 0 saturated heterocycles. The highest BCUT2D eigenvalue weighted by atomic mass is 16.5. The number of carbonyl (C=O) groups excluding carboxylic acids is 2. The average molecular weight is 430 g/mol. The van der Waals surface area contributed by atoms with Crippen LogP contribution in [-0.4, -0.2) is 47.6 Å². The van der Waals surface area contributed by atoms with Gasteiger partial charge in [0, 0.05) is 17.5 Å². The van der Waals surface area contributed by atoms with E-state index in [1.165, 1.54) is 19.9 Å². The number of carboxylic acids is 1. The zero-order valence-electron chi connectivity index (χ0n) is 18.0. The number of hydrogen-bond acceptors (Lipinski definition) is 7. The predicted molar refractivity (Wildman–Crippen MR) is 113 cm³/mol. The second kappa shape index (κ2) is 10.5. The summed E-state index contributed by atoms with van der Waals surface area (Å²) in [7, 11) is 0. The van der Waals surface area contributed by atoms with E-state index in [4.69, 9.17) is 19.3 Å². The van der Waals surface area contributed by atoms with Crippen molar-refractivity contribution < 1.29 is 38.8 Å². The van der Waals surface area contributed by atoms with Gasteiger partial charge in [-0.1, -0.05) is 0 Å². The molecule has 2 aromatic carbocycles. The van der Waals surface area contributed by atoms with Gasteiger partial charge in [-0.15, -0.1) is 0 Å². The molecule has 0 amide bonds. The fraction of sp³-hybridized carbons (Fsp3) is 0.348. The van der Waals surface area contributed by atoms with E-state index in [9.17, 15) is 19.5 Å². The van der Waals surface area contributed by atoms with Crippen LogP contribution in [0.5, 0.6) is 23.0 Å². The van der Waals surface area contributed by atoms with E-state index in [2.05, 4.69) is 0 Å². The SMILES string of the molecule is CC(=O)c1ccc(OCCCOc2c(C(C)=O)ccc(OCC(=O)O)c2C)c(C)c1O. The molecule has 0 fully saturated rings. The highest BCUT2D eigenvalue weighted by Gasteiger charge is 2.17. The molecule has 2 aromatic rings. The van der Waals surface area contributed by atoms with E-state index in [0.29, 0.717) is 40.4 Å². The zero-order chi connectivity index (χ0) is 23.1. The van der Waals surface area contributed by atoms with Gasteiger partial charge in [-0.3, -0.25) is 9.59 Å². The third-order valence-corrected chi connectivity index (χ3v) is 4.64. The lowest BCUT2D eigenvalue weighted by atomic mass is 10.1. The third-order valence-electron chi connectivity index (χ3n) is 4.64.